The normalized spacial score (nSPS) is 15.7. The molecule has 3 N–H and O–H groups in total. The average Bonchev–Trinajstić information content (AvgIpc) is 3.53. The van der Waals surface area contributed by atoms with Gasteiger partial charge in [-0.25, -0.2) is 0 Å². The van der Waals surface area contributed by atoms with Gasteiger partial charge >= 0.3 is 0 Å². The second kappa shape index (κ2) is 7.35. The van der Waals surface area contributed by atoms with Crippen molar-refractivity contribution in [3.8, 4) is 5.75 Å². The molecule has 35 heavy (non-hydrogen) atoms. The molecule has 3 heterocycles. The highest BCUT2D eigenvalue weighted by Gasteiger charge is 2.40. The third-order valence-corrected chi connectivity index (χ3v) is 7.28. The molecule has 172 valence electrons. The Morgan fingerprint density at radius 3 is 2.11 bits per heavy atom. The zero-order valence-corrected chi connectivity index (χ0v) is 19.1. The maximum atomic E-state index is 13.9. The molecule has 0 aliphatic carbocycles. The van der Waals surface area contributed by atoms with E-state index in [0.717, 1.165) is 54.9 Å². The summed E-state index contributed by atoms with van der Waals surface area (Å²) in [6.07, 6.45) is -0.384. The van der Waals surface area contributed by atoms with Crippen molar-refractivity contribution < 1.29 is 14.6 Å². The Morgan fingerprint density at radius 2 is 1.46 bits per heavy atom. The van der Waals surface area contributed by atoms with E-state index >= 15 is 0 Å². The standard InChI is InChI=1S/C29H23N3O3/c1-35-17-12-10-16(11-13-17)14-15-32-28(33)24-22-18-6-2-4-8-20(18)30-26(22)27-23(25(24)29(32)34)19-7-3-5-9-21(19)31-27/h2-13,28,30-31,33H,14-15H2,1H3. The van der Waals surface area contributed by atoms with Crippen molar-refractivity contribution in [2.24, 2.45) is 0 Å². The van der Waals surface area contributed by atoms with Crippen molar-refractivity contribution in [1.29, 1.82) is 0 Å². The van der Waals surface area contributed by atoms with Crippen LogP contribution < -0.4 is 4.74 Å². The van der Waals surface area contributed by atoms with Gasteiger partial charge in [0.05, 0.1) is 23.7 Å². The number of aromatic amines is 2. The first-order chi connectivity index (χ1) is 17.2. The lowest BCUT2D eigenvalue weighted by Gasteiger charge is -2.21. The Balaban J connectivity index is 1.44. The fourth-order valence-corrected chi connectivity index (χ4v) is 5.61. The molecular weight excluding hydrogens is 438 g/mol. The van der Waals surface area contributed by atoms with E-state index in [1.54, 1.807) is 12.0 Å². The zero-order chi connectivity index (χ0) is 23.7. The summed E-state index contributed by atoms with van der Waals surface area (Å²) in [7, 11) is 1.64. The number of carbonyl (C=O) groups is 1. The van der Waals surface area contributed by atoms with Crippen LogP contribution in [-0.2, 0) is 6.42 Å². The summed E-state index contributed by atoms with van der Waals surface area (Å²) < 4.78 is 5.25. The van der Waals surface area contributed by atoms with E-state index in [4.69, 9.17) is 4.74 Å². The third kappa shape index (κ3) is 2.77. The van der Waals surface area contributed by atoms with E-state index < -0.39 is 6.23 Å². The number of para-hydroxylation sites is 2. The predicted octanol–water partition coefficient (Wildman–Crippen LogP) is 5.65. The van der Waals surface area contributed by atoms with Crippen molar-refractivity contribution in [2.45, 2.75) is 12.6 Å². The van der Waals surface area contributed by atoms with Crippen molar-refractivity contribution in [3.63, 3.8) is 0 Å². The van der Waals surface area contributed by atoms with Crippen LogP contribution in [0.1, 0.15) is 27.7 Å². The van der Waals surface area contributed by atoms with Gasteiger partial charge < -0.3 is 24.7 Å². The van der Waals surface area contributed by atoms with Crippen LogP contribution in [0.4, 0.5) is 0 Å². The van der Waals surface area contributed by atoms with Crippen LogP contribution in [0.25, 0.3) is 43.6 Å². The predicted molar refractivity (Wildman–Crippen MR) is 138 cm³/mol. The SMILES string of the molecule is COc1ccc(CCN2C(=O)c3c(c4c5ccccc5[nH]c4c4[nH]c5ccccc5c34)C2O)cc1. The second-order valence-corrected chi connectivity index (χ2v) is 9.10. The van der Waals surface area contributed by atoms with E-state index in [0.29, 0.717) is 24.1 Å². The molecule has 0 radical (unpaired) electrons. The number of fused-ring (bicyclic) bond motifs is 10. The van der Waals surface area contributed by atoms with Gasteiger partial charge in [0.15, 0.2) is 6.23 Å². The summed E-state index contributed by atoms with van der Waals surface area (Å²) in [4.78, 5) is 22.6. The topological polar surface area (TPSA) is 81.3 Å². The van der Waals surface area contributed by atoms with Gasteiger partial charge in [0, 0.05) is 44.7 Å². The number of hydrogen-bond donors (Lipinski definition) is 3. The van der Waals surface area contributed by atoms with Crippen molar-refractivity contribution >= 4 is 49.5 Å². The molecule has 7 rings (SSSR count). The summed E-state index contributed by atoms with van der Waals surface area (Å²) in [5.74, 6) is 0.657. The van der Waals surface area contributed by atoms with Gasteiger partial charge in [0.2, 0.25) is 0 Å². The van der Waals surface area contributed by atoms with Crippen molar-refractivity contribution in [3.05, 3.63) is 89.5 Å². The Bertz CT molecular complexity index is 1780. The number of benzene rings is 4. The maximum absolute atomic E-state index is 13.9. The van der Waals surface area contributed by atoms with Gasteiger partial charge in [-0.05, 0) is 36.2 Å². The first kappa shape index (κ1) is 20.1. The van der Waals surface area contributed by atoms with Gasteiger partial charge in [-0.15, -0.1) is 0 Å². The summed E-state index contributed by atoms with van der Waals surface area (Å²) in [6.45, 7) is 0.411. The molecule has 0 spiro atoms. The Kier molecular flexibility index (Phi) is 4.23. The number of hydrogen-bond acceptors (Lipinski definition) is 3. The lowest BCUT2D eigenvalue weighted by atomic mass is 9.96. The minimum Gasteiger partial charge on any atom is -0.497 e. The molecule has 6 nitrogen and oxygen atoms in total. The first-order valence-corrected chi connectivity index (χ1v) is 11.7. The van der Waals surface area contributed by atoms with Crippen LogP contribution in [0.15, 0.2) is 72.8 Å². The highest BCUT2D eigenvalue weighted by atomic mass is 16.5. The van der Waals surface area contributed by atoms with Crippen LogP contribution in [0.2, 0.25) is 0 Å². The maximum Gasteiger partial charge on any atom is 0.257 e. The molecular formula is C29H23N3O3. The smallest absolute Gasteiger partial charge is 0.257 e. The minimum atomic E-state index is -1.02. The third-order valence-electron chi connectivity index (χ3n) is 7.28. The molecule has 0 bridgehead atoms. The number of amides is 1. The van der Waals surface area contributed by atoms with Crippen molar-refractivity contribution in [2.75, 3.05) is 13.7 Å². The number of ether oxygens (including phenoxy) is 1. The lowest BCUT2D eigenvalue weighted by molar-refractivity contribution is 0.0189. The fraction of sp³-hybridized carbons (Fsp3) is 0.138. The zero-order valence-electron chi connectivity index (χ0n) is 19.1. The van der Waals surface area contributed by atoms with E-state index in [-0.39, 0.29) is 5.91 Å². The summed E-state index contributed by atoms with van der Waals surface area (Å²) in [6, 6.07) is 23.9. The Hall–Kier alpha value is -4.29. The highest BCUT2D eigenvalue weighted by molar-refractivity contribution is 6.30. The van der Waals surface area contributed by atoms with Gasteiger partial charge in [0.25, 0.3) is 5.91 Å². The number of rotatable bonds is 4. The van der Waals surface area contributed by atoms with Crippen LogP contribution in [0, 0.1) is 0 Å². The van der Waals surface area contributed by atoms with Gasteiger partial charge in [0.1, 0.15) is 5.75 Å². The molecule has 1 amide bonds. The van der Waals surface area contributed by atoms with E-state index in [9.17, 15) is 9.90 Å². The summed E-state index contributed by atoms with van der Waals surface area (Å²) in [5, 5.41) is 15.3. The number of aliphatic hydroxyl groups is 1. The molecule has 1 unspecified atom stereocenters. The van der Waals surface area contributed by atoms with Crippen LogP contribution in [0.5, 0.6) is 5.75 Å². The number of aliphatic hydroxyl groups excluding tert-OH is 1. The number of carbonyl (C=O) groups excluding carboxylic acids is 1. The van der Waals surface area contributed by atoms with Crippen LogP contribution in [0.3, 0.4) is 0 Å². The molecule has 0 fully saturated rings. The average molecular weight is 462 g/mol. The van der Waals surface area contributed by atoms with Gasteiger partial charge in [-0.2, -0.15) is 0 Å². The lowest BCUT2D eigenvalue weighted by Crippen LogP contribution is -2.30. The molecule has 1 aliphatic rings. The molecule has 6 heteroatoms. The molecule has 0 saturated carbocycles. The summed E-state index contributed by atoms with van der Waals surface area (Å²) in [5.41, 5.74) is 6.12. The monoisotopic (exact) mass is 461 g/mol. The Morgan fingerprint density at radius 1 is 0.857 bits per heavy atom. The molecule has 4 aromatic carbocycles. The number of nitrogens with zero attached hydrogens (tertiary/aromatic N) is 1. The van der Waals surface area contributed by atoms with Crippen molar-refractivity contribution in [1.82, 2.24) is 14.9 Å². The highest BCUT2D eigenvalue weighted by Crippen LogP contribution is 2.47. The second-order valence-electron chi connectivity index (χ2n) is 9.10. The fourth-order valence-electron chi connectivity index (χ4n) is 5.61. The number of H-pyrrole nitrogens is 2. The van der Waals surface area contributed by atoms with Gasteiger partial charge in [-0.3, -0.25) is 4.79 Å². The van der Waals surface area contributed by atoms with Gasteiger partial charge in [-0.1, -0.05) is 48.5 Å². The minimum absolute atomic E-state index is 0.136. The number of nitrogens with one attached hydrogen (secondary N) is 2. The van der Waals surface area contributed by atoms with Crippen LogP contribution in [-0.4, -0.2) is 39.5 Å². The van der Waals surface area contributed by atoms with E-state index in [1.807, 2.05) is 72.8 Å². The van der Waals surface area contributed by atoms with E-state index in [1.165, 1.54) is 0 Å². The molecule has 2 aromatic heterocycles. The largest absolute Gasteiger partial charge is 0.497 e. The van der Waals surface area contributed by atoms with Crippen LogP contribution >= 0.6 is 0 Å². The quantitative estimate of drug-likeness (QED) is 0.317. The molecule has 6 aromatic rings. The Labute approximate surface area is 200 Å². The summed E-state index contributed by atoms with van der Waals surface area (Å²) >= 11 is 0. The first-order valence-electron chi connectivity index (χ1n) is 11.7. The number of aromatic nitrogens is 2. The molecule has 0 saturated heterocycles. The number of methoxy groups -OCH3 is 1. The molecule has 1 atom stereocenters. The molecule has 1 aliphatic heterocycles. The van der Waals surface area contributed by atoms with E-state index in [2.05, 4.69) is 9.97 Å².